The first-order chi connectivity index (χ1) is 10.1. The van der Waals surface area contributed by atoms with Gasteiger partial charge in [-0.1, -0.05) is 40.2 Å². The van der Waals surface area contributed by atoms with Gasteiger partial charge >= 0.3 is 6.61 Å². The monoisotopic (exact) mass is 356 g/mol. The molecular weight excluding hydrogens is 342 g/mol. The molecule has 2 aromatic rings. The molecule has 1 unspecified atom stereocenters. The fourth-order valence-corrected chi connectivity index (χ4v) is 2.28. The molecule has 6 heteroatoms. The van der Waals surface area contributed by atoms with Crippen LogP contribution in [0.1, 0.15) is 17.2 Å². The maximum absolute atomic E-state index is 12.1. The first-order valence-electron chi connectivity index (χ1n) is 6.34. The average molecular weight is 357 g/mol. The molecule has 0 aliphatic carbocycles. The molecule has 21 heavy (non-hydrogen) atoms. The minimum absolute atomic E-state index is 0.105. The van der Waals surface area contributed by atoms with Crippen molar-refractivity contribution in [3.63, 3.8) is 0 Å². The van der Waals surface area contributed by atoms with E-state index in [0.29, 0.717) is 6.42 Å². The van der Waals surface area contributed by atoms with Crippen molar-refractivity contribution in [1.82, 2.24) is 5.43 Å². The van der Waals surface area contributed by atoms with Crippen LogP contribution in [0.2, 0.25) is 0 Å². The molecule has 0 aliphatic heterocycles. The third-order valence-corrected chi connectivity index (χ3v) is 3.59. The van der Waals surface area contributed by atoms with Gasteiger partial charge in [-0.2, -0.15) is 8.78 Å². The lowest BCUT2D eigenvalue weighted by molar-refractivity contribution is -0.0498. The Morgan fingerprint density at radius 3 is 2.19 bits per heavy atom. The van der Waals surface area contributed by atoms with Crippen LogP contribution in [0.4, 0.5) is 8.78 Å². The minimum Gasteiger partial charge on any atom is -0.435 e. The zero-order valence-electron chi connectivity index (χ0n) is 11.1. The fraction of sp³-hybridized carbons (Fsp3) is 0.200. The van der Waals surface area contributed by atoms with E-state index in [9.17, 15) is 8.78 Å². The molecule has 0 fully saturated rings. The average Bonchev–Trinajstić information content (AvgIpc) is 2.47. The van der Waals surface area contributed by atoms with Crippen molar-refractivity contribution in [2.45, 2.75) is 19.1 Å². The smallest absolute Gasteiger partial charge is 0.387 e. The van der Waals surface area contributed by atoms with E-state index in [0.717, 1.165) is 15.6 Å². The Balaban J connectivity index is 2.08. The Hall–Kier alpha value is -1.50. The van der Waals surface area contributed by atoms with Crippen LogP contribution in [0.25, 0.3) is 0 Å². The summed E-state index contributed by atoms with van der Waals surface area (Å²) < 4.78 is 29.5. The number of nitrogens with two attached hydrogens (primary N) is 1. The summed E-state index contributed by atoms with van der Waals surface area (Å²) in [4.78, 5) is 0. The highest BCUT2D eigenvalue weighted by atomic mass is 79.9. The number of hydrogen-bond donors (Lipinski definition) is 2. The summed E-state index contributed by atoms with van der Waals surface area (Å²) in [6.45, 7) is -2.82. The molecule has 0 saturated heterocycles. The van der Waals surface area contributed by atoms with Crippen LogP contribution >= 0.6 is 15.9 Å². The molecule has 2 aromatic carbocycles. The molecule has 3 nitrogen and oxygen atoms in total. The molecule has 0 aliphatic rings. The topological polar surface area (TPSA) is 47.3 Å². The second-order valence-corrected chi connectivity index (χ2v) is 5.41. The van der Waals surface area contributed by atoms with Gasteiger partial charge < -0.3 is 4.74 Å². The maximum Gasteiger partial charge on any atom is 0.387 e. The highest BCUT2D eigenvalue weighted by Crippen LogP contribution is 2.22. The van der Waals surface area contributed by atoms with Crippen LogP contribution in [0.5, 0.6) is 5.75 Å². The third kappa shape index (κ3) is 4.77. The Labute approximate surface area is 130 Å². The van der Waals surface area contributed by atoms with Gasteiger partial charge in [-0.05, 0) is 41.8 Å². The van der Waals surface area contributed by atoms with Crippen molar-refractivity contribution in [1.29, 1.82) is 0 Å². The Kier molecular flexibility index (Phi) is 5.67. The number of halogens is 3. The summed E-state index contributed by atoms with van der Waals surface area (Å²) in [7, 11) is 0. The van der Waals surface area contributed by atoms with E-state index >= 15 is 0 Å². The van der Waals surface area contributed by atoms with Crippen LogP contribution < -0.4 is 16.0 Å². The van der Waals surface area contributed by atoms with Gasteiger partial charge in [0, 0.05) is 10.5 Å². The van der Waals surface area contributed by atoms with E-state index < -0.39 is 6.61 Å². The summed E-state index contributed by atoms with van der Waals surface area (Å²) in [5.41, 5.74) is 4.77. The molecule has 0 spiro atoms. The van der Waals surface area contributed by atoms with E-state index in [1.807, 2.05) is 24.3 Å². The van der Waals surface area contributed by atoms with E-state index in [4.69, 9.17) is 5.84 Å². The van der Waals surface area contributed by atoms with Gasteiger partial charge in [-0.3, -0.25) is 11.3 Å². The van der Waals surface area contributed by atoms with E-state index in [2.05, 4.69) is 26.1 Å². The summed E-state index contributed by atoms with van der Waals surface area (Å²) in [5, 5.41) is 0. The molecule has 0 saturated carbocycles. The van der Waals surface area contributed by atoms with Crippen LogP contribution in [-0.4, -0.2) is 6.61 Å². The van der Waals surface area contributed by atoms with Crippen LogP contribution in [0, 0.1) is 0 Å². The lowest BCUT2D eigenvalue weighted by Crippen LogP contribution is -2.29. The van der Waals surface area contributed by atoms with E-state index in [1.54, 1.807) is 12.1 Å². The first-order valence-corrected chi connectivity index (χ1v) is 7.13. The molecule has 2 rings (SSSR count). The number of ether oxygens (including phenoxy) is 1. The molecular formula is C15H15BrF2N2O. The third-order valence-electron chi connectivity index (χ3n) is 3.06. The number of benzene rings is 2. The van der Waals surface area contributed by atoms with Gasteiger partial charge in [0.05, 0.1) is 0 Å². The fourth-order valence-electron chi connectivity index (χ4n) is 2.01. The largest absolute Gasteiger partial charge is 0.435 e. The SMILES string of the molecule is NNC(Cc1ccc(Br)cc1)c1ccc(OC(F)F)cc1. The maximum atomic E-state index is 12.1. The number of alkyl halides is 2. The highest BCUT2D eigenvalue weighted by molar-refractivity contribution is 9.10. The van der Waals surface area contributed by atoms with Crippen LogP contribution in [0.3, 0.4) is 0 Å². The van der Waals surface area contributed by atoms with Crippen molar-refractivity contribution in [3.05, 3.63) is 64.1 Å². The zero-order valence-corrected chi connectivity index (χ0v) is 12.7. The van der Waals surface area contributed by atoms with Crippen molar-refractivity contribution >= 4 is 15.9 Å². The molecule has 0 heterocycles. The van der Waals surface area contributed by atoms with E-state index in [1.165, 1.54) is 12.1 Å². The molecule has 0 amide bonds. The predicted molar refractivity (Wildman–Crippen MR) is 81.0 cm³/mol. The minimum atomic E-state index is -2.82. The Morgan fingerprint density at radius 1 is 1.05 bits per heavy atom. The second kappa shape index (κ2) is 7.49. The van der Waals surface area contributed by atoms with Crippen molar-refractivity contribution in [2.75, 3.05) is 0 Å². The Morgan fingerprint density at radius 2 is 1.67 bits per heavy atom. The first kappa shape index (κ1) is 15.9. The summed E-state index contributed by atoms with van der Waals surface area (Å²) in [6, 6.07) is 14.3. The molecule has 0 radical (unpaired) electrons. The molecule has 3 N–H and O–H groups in total. The molecule has 0 bridgehead atoms. The van der Waals surface area contributed by atoms with Gasteiger partial charge in [0.25, 0.3) is 0 Å². The lowest BCUT2D eigenvalue weighted by Gasteiger charge is -2.17. The normalized spacial score (nSPS) is 12.4. The number of nitrogens with one attached hydrogen (secondary N) is 1. The van der Waals surface area contributed by atoms with Crippen molar-refractivity contribution in [2.24, 2.45) is 5.84 Å². The summed E-state index contributed by atoms with van der Waals surface area (Å²) >= 11 is 3.39. The molecule has 1 atom stereocenters. The van der Waals surface area contributed by atoms with Crippen molar-refractivity contribution < 1.29 is 13.5 Å². The van der Waals surface area contributed by atoms with Gasteiger partial charge in [0.2, 0.25) is 0 Å². The number of hydrogen-bond acceptors (Lipinski definition) is 3. The molecule has 112 valence electrons. The zero-order chi connectivity index (χ0) is 15.2. The highest BCUT2D eigenvalue weighted by Gasteiger charge is 2.11. The van der Waals surface area contributed by atoms with Gasteiger partial charge in [0.15, 0.2) is 0 Å². The predicted octanol–water partition coefficient (Wildman–Crippen LogP) is 3.80. The number of hydrazine groups is 1. The van der Waals surface area contributed by atoms with Gasteiger partial charge in [-0.25, -0.2) is 0 Å². The standard InChI is InChI=1S/C15H15BrF2N2O/c16-12-5-1-10(2-6-12)9-14(20-19)11-3-7-13(8-4-11)21-15(17)18/h1-8,14-15,20H,9,19H2. The summed E-state index contributed by atoms with van der Waals surface area (Å²) in [5.74, 6) is 5.72. The van der Waals surface area contributed by atoms with Gasteiger partial charge in [0.1, 0.15) is 5.75 Å². The van der Waals surface area contributed by atoms with E-state index in [-0.39, 0.29) is 11.8 Å². The van der Waals surface area contributed by atoms with Crippen LogP contribution in [0.15, 0.2) is 53.0 Å². The molecule has 0 aromatic heterocycles. The lowest BCUT2D eigenvalue weighted by atomic mass is 9.99. The van der Waals surface area contributed by atoms with Crippen molar-refractivity contribution in [3.8, 4) is 5.75 Å². The quantitative estimate of drug-likeness (QED) is 0.611. The summed E-state index contributed by atoms with van der Waals surface area (Å²) in [6.07, 6.45) is 0.693. The van der Waals surface area contributed by atoms with Crippen LogP contribution in [-0.2, 0) is 6.42 Å². The van der Waals surface area contributed by atoms with Gasteiger partial charge in [-0.15, -0.1) is 0 Å². The second-order valence-electron chi connectivity index (χ2n) is 4.50. The Bertz CT molecular complexity index is 561. The number of rotatable bonds is 6.